The second kappa shape index (κ2) is 15.5. The average Bonchev–Trinajstić information content (AvgIpc) is 3.81. The molecule has 6 rings (SSSR count). The molecule has 0 saturated carbocycles. The molecule has 0 aliphatic heterocycles. The lowest BCUT2D eigenvalue weighted by atomic mass is 9.73. The number of carbonyl (C=O) groups is 2. The fourth-order valence-electron chi connectivity index (χ4n) is 5.24. The summed E-state index contributed by atoms with van der Waals surface area (Å²) in [5.41, 5.74) is -5.49. The quantitative estimate of drug-likeness (QED) is 0.104. The number of carbonyl (C=O) groups excluding carboxylic acids is 2. The van der Waals surface area contributed by atoms with E-state index in [2.05, 4.69) is 41.7 Å². The van der Waals surface area contributed by atoms with Gasteiger partial charge in [0.1, 0.15) is 0 Å². The van der Waals surface area contributed by atoms with Crippen LogP contribution < -0.4 is 10.6 Å². The van der Waals surface area contributed by atoms with Crippen LogP contribution in [0.5, 0.6) is 0 Å². The Balaban J connectivity index is 1.14. The molecule has 0 fully saturated rings. The average molecular weight is 771 g/mol. The number of rotatable bonds is 12. The monoisotopic (exact) mass is 770 g/mol. The van der Waals surface area contributed by atoms with Crippen molar-refractivity contribution in [1.82, 2.24) is 40.4 Å². The number of para-hydroxylation sites is 2. The van der Waals surface area contributed by atoms with Gasteiger partial charge in [0, 0.05) is 11.4 Å². The summed E-state index contributed by atoms with van der Waals surface area (Å²) in [5, 5.41) is 28.2. The Hall–Kier alpha value is -5.76. The SMILES string of the molecule is O=C(CSc1nnnn1-c1ccccc1)Nc1ccc(C(c2ccc(NC(=O)CSc3nnnn3-c3ccccc3)cc2)(C(F)(F)F)C(F)(F)F)cc1. The minimum atomic E-state index is -5.85. The van der Waals surface area contributed by atoms with Crippen LogP contribution in [0.25, 0.3) is 11.4 Å². The Labute approximate surface area is 304 Å². The van der Waals surface area contributed by atoms with Crippen molar-refractivity contribution < 1.29 is 35.9 Å². The molecular formula is C33H24F6N10O2S2. The van der Waals surface area contributed by atoms with E-state index >= 15 is 0 Å². The summed E-state index contributed by atoms with van der Waals surface area (Å²) >= 11 is 1.95. The van der Waals surface area contributed by atoms with Gasteiger partial charge >= 0.3 is 12.4 Å². The van der Waals surface area contributed by atoms with E-state index in [-0.39, 0.29) is 33.2 Å². The first kappa shape index (κ1) is 37.0. The zero-order valence-electron chi connectivity index (χ0n) is 26.8. The molecule has 2 N–H and O–H groups in total. The standard InChI is InChI=1S/C33H24F6N10O2S2/c34-32(35,36)31(33(37,38)39,21-11-15-23(16-12-21)40-27(50)19-52-29-42-44-46-48(29)25-7-3-1-4-8-25)22-13-17-24(18-14-22)41-28(51)20-53-30-43-45-47-49(30)26-9-5-2-6-10-26/h1-18H,19-20H2,(H,40,50)(H,41,51). The van der Waals surface area contributed by atoms with Crippen molar-refractivity contribution >= 4 is 46.7 Å². The van der Waals surface area contributed by atoms with E-state index in [9.17, 15) is 35.9 Å². The van der Waals surface area contributed by atoms with Crippen molar-refractivity contribution in [3.63, 3.8) is 0 Å². The summed E-state index contributed by atoms with van der Waals surface area (Å²) in [6, 6.07) is 24.2. The van der Waals surface area contributed by atoms with Gasteiger partial charge in [-0.05, 0) is 80.5 Å². The molecule has 12 nitrogen and oxygen atoms in total. The Morgan fingerprint density at radius 3 is 1.25 bits per heavy atom. The second-order valence-electron chi connectivity index (χ2n) is 11.0. The highest BCUT2D eigenvalue weighted by Gasteiger charge is 2.72. The van der Waals surface area contributed by atoms with Crippen LogP contribution in [-0.4, -0.2) is 76.1 Å². The van der Waals surface area contributed by atoms with Gasteiger partial charge in [0.25, 0.3) is 0 Å². The molecule has 272 valence electrons. The fraction of sp³-hybridized carbons (Fsp3) is 0.152. The summed E-state index contributed by atoms with van der Waals surface area (Å²) < 4.78 is 91.3. The number of hydrogen-bond acceptors (Lipinski definition) is 10. The Bertz CT molecular complexity index is 2010. The number of halogens is 6. The van der Waals surface area contributed by atoms with E-state index in [1.165, 1.54) is 9.36 Å². The van der Waals surface area contributed by atoms with Crippen LogP contribution in [0.4, 0.5) is 37.7 Å². The molecular weight excluding hydrogens is 747 g/mol. The molecule has 0 atom stereocenters. The predicted molar refractivity (Wildman–Crippen MR) is 183 cm³/mol. The highest BCUT2D eigenvalue weighted by molar-refractivity contribution is 8.00. The zero-order chi connectivity index (χ0) is 37.6. The predicted octanol–water partition coefficient (Wildman–Crippen LogP) is 6.51. The van der Waals surface area contributed by atoms with Crippen molar-refractivity contribution in [2.45, 2.75) is 28.1 Å². The van der Waals surface area contributed by atoms with E-state index in [1.807, 2.05) is 0 Å². The van der Waals surface area contributed by atoms with Crippen LogP contribution in [0, 0.1) is 0 Å². The number of nitrogens with one attached hydrogen (secondary N) is 2. The highest BCUT2D eigenvalue weighted by Crippen LogP contribution is 2.56. The normalized spacial score (nSPS) is 12.0. The first-order valence-electron chi connectivity index (χ1n) is 15.2. The molecule has 2 heterocycles. The molecule has 0 unspecified atom stereocenters. The van der Waals surface area contributed by atoms with Crippen LogP contribution in [0.3, 0.4) is 0 Å². The Morgan fingerprint density at radius 1 is 0.547 bits per heavy atom. The number of alkyl halides is 6. The molecule has 0 aliphatic rings. The molecule has 6 aromatic rings. The first-order chi connectivity index (χ1) is 25.4. The molecule has 0 bridgehead atoms. The summed E-state index contributed by atoms with van der Waals surface area (Å²) in [6.07, 6.45) is -11.7. The summed E-state index contributed by atoms with van der Waals surface area (Å²) in [7, 11) is 0. The number of tetrazole rings is 2. The van der Waals surface area contributed by atoms with Crippen molar-refractivity contribution in [3.05, 3.63) is 120 Å². The van der Waals surface area contributed by atoms with Crippen LogP contribution in [-0.2, 0) is 15.0 Å². The molecule has 53 heavy (non-hydrogen) atoms. The van der Waals surface area contributed by atoms with E-state index in [0.29, 0.717) is 35.6 Å². The minimum Gasteiger partial charge on any atom is -0.325 e. The number of amides is 2. The third kappa shape index (κ3) is 8.02. The van der Waals surface area contributed by atoms with E-state index in [4.69, 9.17) is 0 Å². The molecule has 0 aliphatic carbocycles. The highest BCUT2D eigenvalue weighted by atomic mass is 32.2. The summed E-state index contributed by atoms with van der Waals surface area (Å²) in [5.74, 6) is -1.63. The Kier molecular flexibility index (Phi) is 10.8. The van der Waals surface area contributed by atoms with Crippen LogP contribution in [0.15, 0.2) is 120 Å². The molecule has 20 heteroatoms. The van der Waals surface area contributed by atoms with Gasteiger partial charge in [-0.1, -0.05) is 84.2 Å². The number of nitrogens with zero attached hydrogens (tertiary/aromatic N) is 8. The number of thioether (sulfide) groups is 2. The Morgan fingerprint density at radius 2 is 0.906 bits per heavy atom. The maximum Gasteiger partial charge on any atom is 0.411 e. The molecule has 4 aromatic carbocycles. The third-order valence-corrected chi connectivity index (χ3v) is 9.44. The fourth-order valence-corrected chi connectivity index (χ4v) is 6.63. The van der Waals surface area contributed by atoms with Gasteiger partial charge in [0.05, 0.1) is 22.9 Å². The van der Waals surface area contributed by atoms with Crippen LogP contribution in [0.2, 0.25) is 0 Å². The molecule has 0 spiro atoms. The summed E-state index contributed by atoms with van der Waals surface area (Å²) in [6.45, 7) is 0. The van der Waals surface area contributed by atoms with Gasteiger partial charge in [-0.15, -0.1) is 10.2 Å². The van der Waals surface area contributed by atoms with Gasteiger partial charge in [0.15, 0.2) is 0 Å². The number of anilines is 2. The molecule has 0 radical (unpaired) electrons. The van der Waals surface area contributed by atoms with Crippen molar-refractivity contribution in [1.29, 1.82) is 0 Å². The third-order valence-electron chi connectivity index (χ3n) is 7.60. The summed E-state index contributed by atoms with van der Waals surface area (Å²) in [4.78, 5) is 25.3. The van der Waals surface area contributed by atoms with Crippen molar-refractivity contribution in [2.24, 2.45) is 0 Å². The molecule has 2 amide bonds. The first-order valence-corrected chi connectivity index (χ1v) is 17.2. The van der Waals surface area contributed by atoms with Gasteiger partial charge in [-0.2, -0.15) is 35.7 Å². The maximum absolute atomic E-state index is 14.7. The zero-order valence-corrected chi connectivity index (χ0v) is 28.4. The lowest BCUT2D eigenvalue weighted by molar-refractivity contribution is -0.288. The lowest BCUT2D eigenvalue weighted by Gasteiger charge is -2.38. The molecule has 0 saturated heterocycles. The topological polar surface area (TPSA) is 145 Å². The van der Waals surface area contributed by atoms with Gasteiger partial charge in [0.2, 0.25) is 27.5 Å². The van der Waals surface area contributed by atoms with E-state index in [1.54, 1.807) is 60.7 Å². The molecule has 2 aromatic heterocycles. The van der Waals surface area contributed by atoms with E-state index < -0.39 is 40.7 Å². The second-order valence-corrected chi connectivity index (χ2v) is 12.9. The maximum atomic E-state index is 14.7. The minimum absolute atomic E-state index is 0.0334. The largest absolute Gasteiger partial charge is 0.411 e. The van der Waals surface area contributed by atoms with Crippen molar-refractivity contribution in [3.8, 4) is 11.4 Å². The van der Waals surface area contributed by atoms with E-state index in [0.717, 1.165) is 47.8 Å². The lowest BCUT2D eigenvalue weighted by Crippen LogP contribution is -2.54. The smallest absolute Gasteiger partial charge is 0.325 e. The van der Waals surface area contributed by atoms with Crippen molar-refractivity contribution in [2.75, 3.05) is 22.1 Å². The number of aromatic nitrogens is 8. The van der Waals surface area contributed by atoms with Gasteiger partial charge in [-0.3, -0.25) is 9.59 Å². The number of hydrogen-bond donors (Lipinski definition) is 2. The van der Waals surface area contributed by atoms with Gasteiger partial charge < -0.3 is 10.6 Å². The van der Waals surface area contributed by atoms with Crippen LogP contribution >= 0.6 is 23.5 Å². The van der Waals surface area contributed by atoms with Gasteiger partial charge in [-0.25, -0.2) is 0 Å². The number of benzene rings is 4. The van der Waals surface area contributed by atoms with Crippen LogP contribution in [0.1, 0.15) is 11.1 Å².